The maximum absolute atomic E-state index is 13.9. The molecule has 0 aliphatic carbocycles. The molecule has 0 unspecified atom stereocenters. The molecule has 4 aromatic rings. The van der Waals surface area contributed by atoms with E-state index < -0.39 is 0 Å². The molecule has 2 aromatic carbocycles. The van der Waals surface area contributed by atoms with Crippen LogP contribution in [0.3, 0.4) is 0 Å². The highest BCUT2D eigenvalue weighted by Crippen LogP contribution is 2.34. The summed E-state index contributed by atoms with van der Waals surface area (Å²) in [5.74, 6) is 1.10. The van der Waals surface area contributed by atoms with Crippen LogP contribution in [0, 0.1) is 5.82 Å². The topological polar surface area (TPSA) is 103 Å². The molecule has 1 saturated heterocycles. The Balaban J connectivity index is 1.55. The fraction of sp³-hybridized carbons (Fsp3) is 0.292. The third kappa shape index (κ3) is 4.50. The van der Waals surface area contributed by atoms with Gasteiger partial charge >= 0.3 is 0 Å². The first-order chi connectivity index (χ1) is 16.6. The van der Waals surface area contributed by atoms with E-state index in [4.69, 9.17) is 20.2 Å². The van der Waals surface area contributed by atoms with Crippen molar-refractivity contribution in [2.24, 2.45) is 0 Å². The van der Waals surface area contributed by atoms with E-state index in [1.807, 2.05) is 24.3 Å². The predicted octanol–water partition coefficient (Wildman–Crippen LogP) is 2.96. The summed E-state index contributed by atoms with van der Waals surface area (Å²) in [5, 5.41) is 8.49. The van der Waals surface area contributed by atoms with Crippen molar-refractivity contribution in [3.63, 3.8) is 0 Å². The van der Waals surface area contributed by atoms with E-state index in [1.54, 1.807) is 19.2 Å². The van der Waals surface area contributed by atoms with Gasteiger partial charge in [0.05, 0.1) is 37.1 Å². The van der Waals surface area contributed by atoms with Crippen LogP contribution in [0.4, 0.5) is 16.2 Å². The molecule has 3 heterocycles. The summed E-state index contributed by atoms with van der Waals surface area (Å²) in [6, 6.07) is 13.7. The number of fused-ring (bicyclic) bond motifs is 1. The van der Waals surface area contributed by atoms with E-state index in [9.17, 15) is 4.39 Å². The second-order valence-corrected chi connectivity index (χ2v) is 7.98. The van der Waals surface area contributed by atoms with Crippen molar-refractivity contribution in [2.45, 2.75) is 0 Å². The molecule has 2 aromatic heterocycles. The minimum atomic E-state index is -0.374. The van der Waals surface area contributed by atoms with Gasteiger partial charge < -0.3 is 20.5 Å². The van der Waals surface area contributed by atoms with Crippen LogP contribution in [-0.4, -0.2) is 71.2 Å². The zero-order valence-corrected chi connectivity index (χ0v) is 18.9. The second kappa shape index (κ2) is 9.62. The van der Waals surface area contributed by atoms with Gasteiger partial charge in [0, 0.05) is 31.7 Å². The maximum atomic E-state index is 13.9. The summed E-state index contributed by atoms with van der Waals surface area (Å²) in [4.78, 5) is 11.7. The van der Waals surface area contributed by atoms with Gasteiger partial charge in [-0.2, -0.15) is 4.98 Å². The van der Waals surface area contributed by atoms with E-state index >= 15 is 0 Å². The molecule has 0 amide bonds. The third-order valence-corrected chi connectivity index (χ3v) is 5.78. The van der Waals surface area contributed by atoms with Crippen molar-refractivity contribution in [3.8, 4) is 22.7 Å². The number of nitrogen functional groups attached to an aromatic ring is 1. The Hall–Kier alpha value is -3.76. The highest BCUT2D eigenvalue weighted by molar-refractivity contribution is 5.99. The average molecular weight is 464 g/mol. The van der Waals surface area contributed by atoms with E-state index in [0.717, 1.165) is 38.4 Å². The predicted molar refractivity (Wildman–Crippen MR) is 129 cm³/mol. The fourth-order valence-electron chi connectivity index (χ4n) is 4.03. The number of nitrogens with one attached hydrogen (secondary N) is 1. The van der Waals surface area contributed by atoms with Crippen LogP contribution in [0.25, 0.3) is 28.0 Å². The first-order valence-electron chi connectivity index (χ1n) is 11.1. The summed E-state index contributed by atoms with van der Waals surface area (Å²) in [6.45, 7) is 4.83. The van der Waals surface area contributed by atoms with Crippen LogP contribution >= 0.6 is 0 Å². The molecule has 5 rings (SSSR count). The standard InChI is InChI=1S/C24H26FN7O2/c1-33-19-7-2-4-16(14-19)21-20-22(26)32(18-6-3-5-17(25)15-18)30-23(20)29-24(28-21)27-8-9-31-10-12-34-13-11-31/h2-7,14-15H,8-13,26H2,1H3,(H,27,29,30). The highest BCUT2D eigenvalue weighted by Gasteiger charge is 2.20. The van der Waals surface area contributed by atoms with Gasteiger partial charge in [-0.05, 0) is 30.3 Å². The lowest BCUT2D eigenvalue weighted by atomic mass is 10.1. The van der Waals surface area contributed by atoms with E-state index in [1.165, 1.54) is 16.8 Å². The van der Waals surface area contributed by atoms with Crippen molar-refractivity contribution in [3.05, 3.63) is 54.3 Å². The number of nitrogens with two attached hydrogens (primary N) is 1. The molecule has 3 N–H and O–H groups in total. The lowest BCUT2D eigenvalue weighted by molar-refractivity contribution is 0.0398. The van der Waals surface area contributed by atoms with Gasteiger partial charge in [-0.25, -0.2) is 14.1 Å². The summed E-state index contributed by atoms with van der Waals surface area (Å²) < 4.78 is 26.2. The summed E-state index contributed by atoms with van der Waals surface area (Å²) >= 11 is 0. The second-order valence-electron chi connectivity index (χ2n) is 7.98. The molecule has 0 bridgehead atoms. The van der Waals surface area contributed by atoms with Crippen LogP contribution < -0.4 is 15.8 Å². The molecule has 0 spiro atoms. The number of rotatable bonds is 7. The molecule has 0 atom stereocenters. The number of ether oxygens (including phenoxy) is 2. The first kappa shape index (κ1) is 22.1. The number of morpholine rings is 1. The quantitative estimate of drug-likeness (QED) is 0.431. The number of hydrogen-bond acceptors (Lipinski definition) is 8. The Labute approximate surface area is 196 Å². The molecule has 0 radical (unpaired) electrons. The Kier molecular flexibility index (Phi) is 6.24. The molecule has 176 valence electrons. The molecular formula is C24H26FN7O2. The number of anilines is 2. The number of benzene rings is 2. The largest absolute Gasteiger partial charge is 0.497 e. The number of methoxy groups -OCH3 is 1. The number of nitrogens with zero attached hydrogens (tertiary/aromatic N) is 5. The van der Waals surface area contributed by atoms with E-state index in [0.29, 0.717) is 46.5 Å². The van der Waals surface area contributed by atoms with Crippen LogP contribution in [0.15, 0.2) is 48.5 Å². The number of halogens is 1. The lowest BCUT2D eigenvalue weighted by Crippen LogP contribution is -2.39. The number of aromatic nitrogens is 4. The van der Waals surface area contributed by atoms with Crippen LogP contribution in [0.2, 0.25) is 0 Å². The zero-order chi connectivity index (χ0) is 23.5. The molecular weight excluding hydrogens is 437 g/mol. The lowest BCUT2D eigenvalue weighted by Gasteiger charge is -2.26. The van der Waals surface area contributed by atoms with E-state index in [-0.39, 0.29) is 5.82 Å². The Morgan fingerprint density at radius 1 is 1.12 bits per heavy atom. The summed E-state index contributed by atoms with van der Waals surface area (Å²) in [6.07, 6.45) is 0. The smallest absolute Gasteiger partial charge is 0.225 e. The number of hydrogen-bond donors (Lipinski definition) is 2. The summed E-state index contributed by atoms with van der Waals surface area (Å²) in [5.41, 5.74) is 8.87. The average Bonchev–Trinajstić information content (AvgIpc) is 3.20. The van der Waals surface area contributed by atoms with Crippen molar-refractivity contribution < 1.29 is 13.9 Å². The van der Waals surface area contributed by atoms with Crippen LogP contribution in [-0.2, 0) is 4.74 Å². The van der Waals surface area contributed by atoms with Gasteiger partial charge in [-0.3, -0.25) is 4.90 Å². The van der Waals surface area contributed by atoms with Crippen molar-refractivity contribution in [1.29, 1.82) is 0 Å². The maximum Gasteiger partial charge on any atom is 0.225 e. The molecule has 0 saturated carbocycles. The molecule has 10 heteroatoms. The Morgan fingerprint density at radius 3 is 2.74 bits per heavy atom. The molecule has 9 nitrogen and oxygen atoms in total. The normalized spacial score (nSPS) is 14.4. The zero-order valence-electron chi connectivity index (χ0n) is 18.9. The van der Waals surface area contributed by atoms with Crippen LogP contribution in [0.1, 0.15) is 0 Å². The van der Waals surface area contributed by atoms with Crippen LogP contribution in [0.5, 0.6) is 5.75 Å². The molecule has 1 fully saturated rings. The van der Waals surface area contributed by atoms with Gasteiger partial charge in [0.15, 0.2) is 5.65 Å². The SMILES string of the molecule is COc1cccc(-c2nc(NCCN3CCOCC3)nc3nn(-c4cccc(F)c4)c(N)c23)c1. The molecule has 34 heavy (non-hydrogen) atoms. The van der Waals surface area contributed by atoms with Gasteiger partial charge in [0.1, 0.15) is 17.4 Å². The summed E-state index contributed by atoms with van der Waals surface area (Å²) in [7, 11) is 1.61. The van der Waals surface area contributed by atoms with E-state index in [2.05, 4.69) is 20.3 Å². The Morgan fingerprint density at radius 2 is 1.94 bits per heavy atom. The van der Waals surface area contributed by atoms with Crippen molar-refractivity contribution in [2.75, 3.05) is 57.6 Å². The van der Waals surface area contributed by atoms with Crippen molar-refractivity contribution in [1.82, 2.24) is 24.6 Å². The minimum absolute atomic E-state index is 0.332. The monoisotopic (exact) mass is 463 g/mol. The highest BCUT2D eigenvalue weighted by atomic mass is 19.1. The van der Waals surface area contributed by atoms with Gasteiger partial charge in [0.25, 0.3) is 0 Å². The molecule has 1 aliphatic rings. The minimum Gasteiger partial charge on any atom is -0.497 e. The fourth-order valence-corrected chi connectivity index (χ4v) is 4.03. The first-order valence-corrected chi connectivity index (χ1v) is 11.1. The van der Waals surface area contributed by atoms with Gasteiger partial charge in [0.2, 0.25) is 5.95 Å². The van der Waals surface area contributed by atoms with Crippen molar-refractivity contribution >= 4 is 22.8 Å². The van der Waals surface area contributed by atoms with Gasteiger partial charge in [-0.1, -0.05) is 18.2 Å². The molecule has 1 aliphatic heterocycles. The third-order valence-electron chi connectivity index (χ3n) is 5.78. The van der Waals surface area contributed by atoms with Gasteiger partial charge in [-0.15, -0.1) is 5.10 Å². The Bertz CT molecular complexity index is 1300.